The summed E-state index contributed by atoms with van der Waals surface area (Å²) in [6, 6.07) is 16.4. The molecule has 1 aliphatic rings. The predicted molar refractivity (Wildman–Crippen MR) is 111 cm³/mol. The number of aryl methyl sites for hydroxylation is 1. The van der Waals surface area contributed by atoms with E-state index in [2.05, 4.69) is 42.8 Å². The van der Waals surface area contributed by atoms with Crippen LogP contribution in [0.5, 0.6) is 0 Å². The summed E-state index contributed by atoms with van der Waals surface area (Å²) >= 11 is 1.71. The van der Waals surface area contributed by atoms with E-state index in [1.807, 2.05) is 24.3 Å². The molecule has 1 atom stereocenters. The van der Waals surface area contributed by atoms with Crippen molar-refractivity contribution in [3.05, 3.63) is 59.7 Å². The van der Waals surface area contributed by atoms with Crippen LogP contribution in [0.15, 0.2) is 53.4 Å². The molecule has 4 nitrogen and oxygen atoms in total. The molecule has 1 aliphatic heterocycles. The lowest BCUT2D eigenvalue weighted by Crippen LogP contribution is -2.37. The quantitative estimate of drug-likeness (QED) is 0.587. The molecule has 0 saturated carbocycles. The number of anilines is 1. The molecule has 1 fully saturated rings. The first-order valence-corrected chi connectivity index (χ1v) is 10.7. The highest BCUT2D eigenvalue weighted by molar-refractivity contribution is 7.98. The molecule has 1 N–H and O–H groups in total. The van der Waals surface area contributed by atoms with Crippen LogP contribution in [0, 0.1) is 5.92 Å². The Labute approximate surface area is 165 Å². The van der Waals surface area contributed by atoms with Crippen LogP contribution < -0.4 is 10.2 Å². The van der Waals surface area contributed by atoms with Gasteiger partial charge in [0.05, 0.1) is 0 Å². The molecule has 0 radical (unpaired) electrons. The number of carbonyl (C=O) groups excluding carboxylic acids is 2. The van der Waals surface area contributed by atoms with Crippen molar-refractivity contribution in [1.29, 1.82) is 0 Å². The highest BCUT2D eigenvalue weighted by Gasteiger charge is 2.37. The van der Waals surface area contributed by atoms with Crippen molar-refractivity contribution in [1.82, 2.24) is 5.32 Å². The van der Waals surface area contributed by atoms with Crippen LogP contribution in [0.4, 0.5) is 5.69 Å². The Balaban J connectivity index is 1.51. The van der Waals surface area contributed by atoms with E-state index in [1.165, 1.54) is 16.0 Å². The van der Waals surface area contributed by atoms with Crippen molar-refractivity contribution in [3.63, 3.8) is 0 Å². The van der Waals surface area contributed by atoms with Gasteiger partial charge < -0.3 is 10.2 Å². The average Bonchev–Trinajstić information content (AvgIpc) is 3.10. The van der Waals surface area contributed by atoms with Gasteiger partial charge in [-0.15, -0.1) is 11.8 Å². The molecule has 1 saturated heterocycles. The predicted octanol–water partition coefficient (Wildman–Crippen LogP) is 3.68. The number of rotatable bonds is 7. The maximum absolute atomic E-state index is 12.7. The van der Waals surface area contributed by atoms with Gasteiger partial charge in [-0.25, -0.2) is 0 Å². The minimum absolute atomic E-state index is 0.0962. The van der Waals surface area contributed by atoms with Crippen LogP contribution in [0.3, 0.4) is 0 Å². The van der Waals surface area contributed by atoms with E-state index >= 15 is 0 Å². The van der Waals surface area contributed by atoms with Crippen molar-refractivity contribution < 1.29 is 9.59 Å². The zero-order chi connectivity index (χ0) is 19.2. The molecular formula is C22H26N2O2S. The second-order valence-corrected chi connectivity index (χ2v) is 7.62. The lowest BCUT2D eigenvalue weighted by Gasteiger charge is -2.17. The summed E-state index contributed by atoms with van der Waals surface area (Å²) in [7, 11) is 0. The Morgan fingerprint density at radius 1 is 1.11 bits per heavy atom. The van der Waals surface area contributed by atoms with Crippen LogP contribution in [0.1, 0.15) is 24.5 Å². The largest absolute Gasteiger partial charge is 0.355 e. The number of nitrogens with zero attached hydrogens (tertiary/aromatic N) is 1. The summed E-state index contributed by atoms with van der Waals surface area (Å²) in [6.07, 6.45) is 4.36. The summed E-state index contributed by atoms with van der Waals surface area (Å²) in [5.41, 5.74) is 3.30. The molecule has 27 heavy (non-hydrogen) atoms. The van der Waals surface area contributed by atoms with Gasteiger partial charge in [-0.3, -0.25) is 9.59 Å². The fourth-order valence-electron chi connectivity index (χ4n) is 3.34. The first kappa shape index (κ1) is 19.5. The monoisotopic (exact) mass is 382 g/mol. The second-order valence-electron chi connectivity index (χ2n) is 6.74. The zero-order valence-corrected chi connectivity index (χ0v) is 16.7. The van der Waals surface area contributed by atoms with Crippen LogP contribution in [-0.2, 0) is 22.4 Å². The smallest absolute Gasteiger partial charge is 0.239 e. The molecule has 0 unspecified atom stereocenters. The molecule has 2 amide bonds. The molecule has 0 aromatic heterocycles. The number of thioether (sulfide) groups is 1. The molecule has 2 aromatic carbocycles. The van der Waals surface area contributed by atoms with E-state index in [0.29, 0.717) is 19.5 Å². The van der Waals surface area contributed by atoms with E-state index in [-0.39, 0.29) is 11.8 Å². The van der Waals surface area contributed by atoms with E-state index < -0.39 is 5.92 Å². The molecule has 2 aromatic rings. The Hall–Kier alpha value is -2.27. The second kappa shape index (κ2) is 9.09. The van der Waals surface area contributed by atoms with Gasteiger partial charge >= 0.3 is 0 Å². The molecule has 0 spiro atoms. The Bertz CT molecular complexity index is 787. The summed E-state index contributed by atoms with van der Waals surface area (Å²) in [6.45, 7) is 3.25. The van der Waals surface area contributed by atoms with Gasteiger partial charge in [0, 0.05) is 23.7 Å². The maximum atomic E-state index is 12.7. The summed E-state index contributed by atoms with van der Waals surface area (Å²) in [5, 5.41) is 2.93. The number of nitrogens with one attached hydrogen (secondary N) is 1. The molecule has 0 bridgehead atoms. The van der Waals surface area contributed by atoms with Crippen LogP contribution in [0.25, 0.3) is 0 Å². The van der Waals surface area contributed by atoms with Gasteiger partial charge in [0.15, 0.2) is 0 Å². The normalized spacial score (nSPS) is 16.6. The SMILES string of the molecule is CCc1ccc(N2CC[C@@H](C(=O)NCCc3ccc(SC)cc3)C2=O)cc1. The zero-order valence-electron chi connectivity index (χ0n) is 15.9. The molecule has 142 valence electrons. The van der Waals surface area contributed by atoms with Crippen molar-refractivity contribution in [2.75, 3.05) is 24.2 Å². The third-order valence-corrected chi connectivity index (χ3v) is 5.79. The fourth-order valence-corrected chi connectivity index (χ4v) is 3.74. The minimum Gasteiger partial charge on any atom is -0.355 e. The third-order valence-electron chi connectivity index (χ3n) is 5.05. The topological polar surface area (TPSA) is 49.4 Å². The standard InChI is InChI=1S/C22H26N2O2S/c1-3-16-4-8-18(9-5-16)24-15-13-20(22(24)26)21(25)23-14-12-17-6-10-19(27-2)11-7-17/h4-11,20H,3,12-15H2,1-2H3,(H,23,25)/t20-/m0/s1. The van der Waals surface area contributed by atoms with Crippen molar-refractivity contribution >= 4 is 29.3 Å². The molecule has 1 heterocycles. The first-order valence-electron chi connectivity index (χ1n) is 9.43. The molecular weight excluding hydrogens is 356 g/mol. The first-order chi connectivity index (χ1) is 13.1. The molecule has 0 aliphatic carbocycles. The summed E-state index contributed by atoms with van der Waals surface area (Å²) in [5.74, 6) is -0.829. The third kappa shape index (κ3) is 4.72. The van der Waals surface area contributed by atoms with Crippen molar-refractivity contribution in [2.45, 2.75) is 31.1 Å². The fraction of sp³-hybridized carbons (Fsp3) is 0.364. The maximum Gasteiger partial charge on any atom is 0.239 e. The van der Waals surface area contributed by atoms with E-state index in [9.17, 15) is 9.59 Å². The highest BCUT2D eigenvalue weighted by atomic mass is 32.2. The van der Waals surface area contributed by atoms with Crippen LogP contribution >= 0.6 is 11.8 Å². The van der Waals surface area contributed by atoms with Crippen LogP contribution in [-0.4, -0.2) is 31.2 Å². The van der Waals surface area contributed by atoms with E-state index in [1.54, 1.807) is 16.7 Å². The Kier molecular flexibility index (Phi) is 6.56. The lowest BCUT2D eigenvalue weighted by atomic mass is 10.1. The van der Waals surface area contributed by atoms with Gasteiger partial charge in [-0.1, -0.05) is 31.2 Å². The van der Waals surface area contributed by atoms with Crippen molar-refractivity contribution in [2.24, 2.45) is 5.92 Å². The van der Waals surface area contributed by atoms with Gasteiger partial charge in [0.25, 0.3) is 0 Å². The lowest BCUT2D eigenvalue weighted by molar-refractivity contribution is -0.132. The summed E-state index contributed by atoms with van der Waals surface area (Å²) < 4.78 is 0. The Morgan fingerprint density at radius 3 is 2.41 bits per heavy atom. The van der Waals surface area contributed by atoms with Crippen molar-refractivity contribution in [3.8, 4) is 0 Å². The van der Waals surface area contributed by atoms with Gasteiger partial charge in [-0.05, 0) is 60.9 Å². The number of benzene rings is 2. The van der Waals surface area contributed by atoms with Crippen LogP contribution in [0.2, 0.25) is 0 Å². The van der Waals surface area contributed by atoms with Gasteiger partial charge in [-0.2, -0.15) is 0 Å². The van der Waals surface area contributed by atoms with Gasteiger partial charge in [0.2, 0.25) is 11.8 Å². The Morgan fingerprint density at radius 2 is 1.78 bits per heavy atom. The number of amides is 2. The molecule has 3 rings (SSSR count). The number of hydrogen-bond donors (Lipinski definition) is 1. The van der Waals surface area contributed by atoms with Gasteiger partial charge in [0.1, 0.15) is 5.92 Å². The number of hydrogen-bond acceptors (Lipinski definition) is 3. The molecule has 5 heteroatoms. The minimum atomic E-state index is -0.574. The van der Waals surface area contributed by atoms with E-state index in [4.69, 9.17) is 0 Å². The average molecular weight is 383 g/mol. The van der Waals surface area contributed by atoms with E-state index in [0.717, 1.165) is 18.5 Å². The summed E-state index contributed by atoms with van der Waals surface area (Å²) in [4.78, 5) is 28.1. The number of carbonyl (C=O) groups is 2. The highest BCUT2D eigenvalue weighted by Crippen LogP contribution is 2.26.